The molecule has 5 nitrogen and oxygen atoms in total. The monoisotopic (exact) mass is 318 g/mol. The van der Waals surface area contributed by atoms with Crippen molar-refractivity contribution in [2.75, 3.05) is 18.4 Å². The number of nitrogens with one attached hydrogen (secondary N) is 2. The fourth-order valence-corrected chi connectivity index (χ4v) is 3.37. The van der Waals surface area contributed by atoms with Crippen LogP contribution in [0.4, 0.5) is 5.69 Å². The maximum atomic E-state index is 12.0. The zero-order chi connectivity index (χ0) is 16.1. The number of amides is 1. The average molecular weight is 318 g/mol. The van der Waals surface area contributed by atoms with E-state index in [0.717, 1.165) is 56.6 Å². The molecule has 1 aliphatic heterocycles. The number of aliphatic hydroxyl groups is 1. The minimum absolute atomic E-state index is 0.0649. The van der Waals surface area contributed by atoms with E-state index >= 15 is 0 Å². The molecule has 0 radical (unpaired) electrons. The highest BCUT2D eigenvalue weighted by Crippen LogP contribution is 2.25. The van der Waals surface area contributed by atoms with Crippen LogP contribution in [-0.4, -0.2) is 36.3 Å². The second kappa shape index (κ2) is 7.79. The molecule has 1 aliphatic carbocycles. The molecule has 1 amide bonds. The third-order valence-corrected chi connectivity index (χ3v) is 4.73. The van der Waals surface area contributed by atoms with Gasteiger partial charge in [0.2, 0.25) is 5.91 Å². The molecule has 0 spiro atoms. The summed E-state index contributed by atoms with van der Waals surface area (Å²) in [5.74, 6) is 1.26. The van der Waals surface area contributed by atoms with Crippen LogP contribution in [-0.2, 0) is 4.79 Å². The smallest absolute Gasteiger partial charge is 0.224 e. The van der Waals surface area contributed by atoms with Crippen molar-refractivity contribution in [3.63, 3.8) is 0 Å². The first-order valence-corrected chi connectivity index (χ1v) is 8.66. The molecule has 3 N–H and O–H groups in total. The Hall–Kier alpha value is -1.59. The molecule has 1 aromatic rings. The lowest BCUT2D eigenvalue weighted by molar-refractivity contribution is -0.116. The van der Waals surface area contributed by atoms with Crippen molar-refractivity contribution in [1.82, 2.24) is 5.32 Å². The fraction of sp³-hybridized carbons (Fsp3) is 0.611. The van der Waals surface area contributed by atoms with Crippen molar-refractivity contribution in [2.45, 2.75) is 50.7 Å². The highest BCUT2D eigenvalue weighted by molar-refractivity contribution is 5.90. The molecule has 3 unspecified atom stereocenters. The standard InChI is InChI=1S/C18H26N2O3/c21-16-3-1-2-4-17(16)23-15-7-5-14(6-8-15)20-18(22)11-13-9-10-19-12-13/h5-8,13,16-17,19,21H,1-4,9-12H2,(H,20,22). The molecule has 1 saturated carbocycles. The minimum Gasteiger partial charge on any atom is -0.488 e. The van der Waals surface area contributed by atoms with Gasteiger partial charge >= 0.3 is 0 Å². The van der Waals surface area contributed by atoms with Gasteiger partial charge in [0.05, 0.1) is 6.10 Å². The summed E-state index contributed by atoms with van der Waals surface area (Å²) in [4.78, 5) is 12.0. The summed E-state index contributed by atoms with van der Waals surface area (Å²) in [7, 11) is 0. The second-order valence-corrected chi connectivity index (χ2v) is 6.64. The molecule has 126 valence electrons. The minimum atomic E-state index is -0.372. The van der Waals surface area contributed by atoms with Gasteiger partial charge in [0.1, 0.15) is 11.9 Å². The third-order valence-electron chi connectivity index (χ3n) is 4.73. The Balaban J connectivity index is 1.49. The van der Waals surface area contributed by atoms with E-state index in [2.05, 4.69) is 10.6 Å². The van der Waals surface area contributed by atoms with Crippen LogP contribution >= 0.6 is 0 Å². The number of anilines is 1. The topological polar surface area (TPSA) is 70.6 Å². The van der Waals surface area contributed by atoms with Gasteiger partial charge in [0.15, 0.2) is 0 Å². The molecule has 2 fully saturated rings. The van der Waals surface area contributed by atoms with E-state index < -0.39 is 0 Å². The highest BCUT2D eigenvalue weighted by Gasteiger charge is 2.24. The molecular weight excluding hydrogens is 292 g/mol. The van der Waals surface area contributed by atoms with E-state index in [-0.39, 0.29) is 18.1 Å². The Bertz CT molecular complexity index is 512. The van der Waals surface area contributed by atoms with Crippen molar-refractivity contribution in [1.29, 1.82) is 0 Å². The van der Waals surface area contributed by atoms with Crippen LogP contribution < -0.4 is 15.4 Å². The Morgan fingerprint density at radius 2 is 2.00 bits per heavy atom. The lowest BCUT2D eigenvalue weighted by Crippen LogP contribution is -2.34. The van der Waals surface area contributed by atoms with E-state index in [1.807, 2.05) is 24.3 Å². The first-order chi connectivity index (χ1) is 11.2. The van der Waals surface area contributed by atoms with Gasteiger partial charge in [-0.05, 0) is 69.0 Å². The largest absolute Gasteiger partial charge is 0.488 e. The summed E-state index contributed by atoms with van der Waals surface area (Å²) in [6, 6.07) is 7.42. The molecule has 1 heterocycles. The predicted octanol–water partition coefficient (Wildman–Crippen LogP) is 2.31. The van der Waals surface area contributed by atoms with Gasteiger partial charge in [-0.2, -0.15) is 0 Å². The van der Waals surface area contributed by atoms with Crippen molar-refractivity contribution in [3.8, 4) is 5.75 Å². The van der Waals surface area contributed by atoms with Crippen LogP contribution in [0.1, 0.15) is 38.5 Å². The average Bonchev–Trinajstić information content (AvgIpc) is 3.04. The summed E-state index contributed by atoms with van der Waals surface area (Å²) < 4.78 is 5.86. The second-order valence-electron chi connectivity index (χ2n) is 6.64. The summed E-state index contributed by atoms with van der Waals surface area (Å²) in [6.45, 7) is 1.95. The molecule has 3 atom stereocenters. The van der Waals surface area contributed by atoms with Gasteiger partial charge in [-0.15, -0.1) is 0 Å². The Labute approximate surface area is 137 Å². The molecule has 2 aliphatic rings. The lowest BCUT2D eigenvalue weighted by atomic mass is 9.95. The summed E-state index contributed by atoms with van der Waals surface area (Å²) in [6.07, 6.45) is 5.05. The number of hydrogen-bond acceptors (Lipinski definition) is 4. The van der Waals surface area contributed by atoms with Gasteiger partial charge in [-0.1, -0.05) is 6.42 Å². The number of ether oxygens (including phenoxy) is 1. The van der Waals surface area contributed by atoms with Crippen LogP contribution in [0, 0.1) is 5.92 Å². The quantitative estimate of drug-likeness (QED) is 0.779. The van der Waals surface area contributed by atoms with Crippen LogP contribution in [0.15, 0.2) is 24.3 Å². The van der Waals surface area contributed by atoms with Gasteiger partial charge < -0.3 is 20.5 Å². The third kappa shape index (κ3) is 4.69. The van der Waals surface area contributed by atoms with E-state index in [4.69, 9.17) is 4.74 Å². The number of hydrogen-bond donors (Lipinski definition) is 3. The predicted molar refractivity (Wildman–Crippen MR) is 89.6 cm³/mol. The van der Waals surface area contributed by atoms with Crippen molar-refractivity contribution >= 4 is 11.6 Å². The van der Waals surface area contributed by atoms with E-state index in [0.29, 0.717) is 12.3 Å². The summed E-state index contributed by atoms with van der Waals surface area (Å²) in [5.41, 5.74) is 0.789. The van der Waals surface area contributed by atoms with Gasteiger partial charge in [-0.3, -0.25) is 4.79 Å². The van der Waals surface area contributed by atoms with Crippen molar-refractivity contribution in [3.05, 3.63) is 24.3 Å². The maximum absolute atomic E-state index is 12.0. The van der Waals surface area contributed by atoms with Crippen LogP contribution in [0.5, 0.6) is 5.75 Å². The zero-order valence-corrected chi connectivity index (χ0v) is 13.5. The summed E-state index contributed by atoms with van der Waals surface area (Å²) in [5, 5.41) is 16.2. The zero-order valence-electron chi connectivity index (χ0n) is 13.5. The number of rotatable bonds is 5. The summed E-state index contributed by atoms with van der Waals surface area (Å²) >= 11 is 0. The Morgan fingerprint density at radius 1 is 1.22 bits per heavy atom. The molecule has 0 aromatic heterocycles. The molecule has 0 bridgehead atoms. The van der Waals surface area contributed by atoms with E-state index in [1.54, 1.807) is 0 Å². The van der Waals surface area contributed by atoms with Gasteiger partial charge in [0.25, 0.3) is 0 Å². The lowest BCUT2D eigenvalue weighted by Gasteiger charge is -2.28. The maximum Gasteiger partial charge on any atom is 0.224 e. The Morgan fingerprint density at radius 3 is 2.70 bits per heavy atom. The van der Waals surface area contributed by atoms with Crippen LogP contribution in [0.3, 0.4) is 0 Å². The Kier molecular flexibility index (Phi) is 5.51. The van der Waals surface area contributed by atoms with Crippen molar-refractivity contribution < 1.29 is 14.6 Å². The number of carbonyl (C=O) groups excluding carboxylic acids is 1. The van der Waals surface area contributed by atoms with Crippen LogP contribution in [0.2, 0.25) is 0 Å². The van der Waals surface area contributed by atoms with E-state index in [9.17, 15) is 9.90 Å². The molecule has 5 heteroatoms. The molecular formula is C18H26N2O3. The number of aliphatic hydroxyl groups excluding tert-OH is 1. The normalized spacial score (nSPS) is 27.6. The number of benzene rings is 1. The van der Waals surface area contributed by atoms with Crippen molar-refractivity contribution in [2.24, 2.45) is 5.92 Å². The van der Waals surface area contributed by atoms with Gasteiger partial charge in [0, 0.05) is 12.1 Å². The van der Waals surface area contributed by atoms with E-state index in [1.165, 1.54) is 0 Å². The van der Waals surface area contributed by atoms with Crippen LogP contribution in [0.25, 0.3) is 0 Å². The number of carbonyl (C=O) groups is 1. The molecule has 23 heavy (non-hydrogen) atoms. The molecule has 3 rings (SSSR count). The highest BCUT2D eigenvalue weighted by atomic mass is 16.5. The van der Waals surface area contributed by atoms with Gasteiger partial charge in [-0.25, -0.2) is 0 Å². The molecule has 1 aromatic carbocycles. The molecule has 1 saturated heterocycles. The first kappa shape index (κ1) is 16.3. The fourth-order valence-electron chi connectivity index (χ4n) is 3.37. The first-order valence-electron chi connectivity index (χ1n) is 8.66. The SMILES string of the molecule is O=C(CC1CCNC1)Nc1ccc(OC2CCCCC2O)cc1.